The third kappa shape index (κ3) is 3.74. The van der Waals surface area contributed by atoms with Crippen LogP contribution in [0.2, 0.25) is 0 Å². The summed E-state index contributed by atoms with van der Waals surface area (Å²) in [6, 6.07) is 0.550. The van der Waals surface area contributed by atoms with Crippen molar-refractivity contribution in [2.24, 2.45) is 5.92 Å². The van der Waals surface area contributed by atoms with Crippen LogP contribution in [0.25, 0.3) is 0 Å². The molecular formula is C14H29NO. The van der Waals surface area contributed by atoms with Gasteiger partial charge in [-0.2, -0.15) is 0 Å². The van der Waals surface area contributed by atoms with Crippen LogP contribution < -0.4 is 5.32 Å². The highest BCUT2D eigenvalue weighted by atomic mass is 16.5. The molecule has 1 aliphatic carbocycles. The van der Waals surface area contributed by atoms with Crippen LogP contribution in [0, 0.1) is 5.92 Å². The van der Waals surface area contributed by atoms with Gasteiger partial charge in [0.25, 0.3) is 0 Å². The molecule has 0 bridgehead atoms. The van der Waals surface area contributed by atoms with Crippen LogP contribution in [-0.4, -0.2) is 24.8 Å². The molecule has 1 saturated carbocycles. The molecule has 1 aliphatic rings. The second-order valence-corrected chi connectivity index (χ2v) is 5.75. The molecule has 0 aromatic heterocycles. The smallest absolute Gasteiger partial charge is 0.0737 e. The van der Waals surface area contributed by atoms with Gasteiger partial charge in [-0.25, -0.2) is 0 Å². The van der Waals surface area contributed by atoms with Crippen LogP contribution in [0.15, 0.2) is 0 Å². The van der Waals surface area contributed by atoms with Crippen molar-refractivity contribution in [1.82, 2.24) is 5.32 Å². The zero-order chi connectivity index (χ0) is 12.2. The van der Waals surface area contributed by atoms with Crippen molar-refractivity contribution in [3.05, 3.63) is 0 Å². The van der Waals surface area contributed by atoms with Crippen LogP contribution in [0.4, 0.5) is 0 Å². The van der Waals surface area contributed by atoms with Gasteiger partial charge in [-0.3, -0.25) is 0 Å². The van der Waals surface area contributed by atoms with Crippen molar-refractivity contribution >= 4 is 0 Å². The molecule has 1 rings (SSSR count). The van der Waals surface area contributed by atoms with Crippen molar-refractivity contribution in [1.29, 1.82) is 0 Å². The summed E-state index contributed by atoms with van der Waals surface area (Å²) in [4.78, 5) is 0. The Balaban J connectivity index is 2.58. The van der Waals surface area contributed by atoms with Crippen LogP contribution in [-0.2, 0) is 4.74 Å². The summed E-state index contributed by atoms with van der Waals surface area (Å²) in [6.45, 7) is 8.91. The highest BCUT2D eigenvalue weighted by Crippen LogP contribution is 2.31. The predicted octanol–water partition coefficient (Wildman–Crippen LogP) is 3.36. The summed E-state index contributed by atoms with van der Waals surface area (Å²) in [5, 5.41) is 3.42. The molecular weight excluding hydrogens is 198 g/mol. The lowest BCUT2D eigenvalue weighted by molar-refractivity contribution is -0.105. The van der Waals surface area contributed by atoms with E-state index in [0.717, 1.165) is 12.3 Å². The number of ether oxygens (including phenoxy) is 1. The van der Waals surface area contributed by atoms with Crippen LogP contribution >= 0.6 is 0 Å². The number of rotatable bonds is 5. The summed E-state index contributed by atoms with van der Waals surface area (Å²) in [7, 11) is 2.06. The molecule has 3 atom stereocenters. The van der Waals surface area contributed by atoms with E-state index >= 15 is 0 Å². The van der Waals surface area contributed by atoms with E-state index in [9.17, 15) is 0 Å². The summed E-state index contributed by atoms with van der Waals surface area (Å²) in [6.07, 6.45) is 6.62. The Bertz CT molecular complexity index is 203. The topological polar surface area (TPSA) is 21.3 Å². The first-order valence-corrected chi connectivity index (χ1v) is 6.87. The Kier molecular flexibility index (Phi) is 5.26. The largest absolute Gasteiger partial charge is 0.371 e. The average molecular weight is 227 g/mol. The van der Waals surface area contributed by atoms with Gasteiger partial charge in [0.05, 0.1) is 11.7 Å². The minimum absolute atomic E-state index is 0.0232. The lowest BCUT2D eigenvalue weighted by Gasteiger charge is -2.40. The molecule has 0 saturated heterocycles. The third-order valence-corrected chi connectivity index (χ3v) is 4.17. The van der Waals surface area contributed by atoms with Crippen molar-refractivity contribution in [3.8, 4) is 0 Å². The summed E-state index contributed by atoms with van der Waals surface area (Å²) >= 11 is 0. The fraction of sp³-hybridized carbons (Fsp3) is 1.00. The molecule has 16 heavy (non-hydrogen) atoms. The number of hydrogen-bond donors (Lipinski definition) is 1. The first-order chi connectivity index (χ1) is 7.52. The first-order valence-electron chi connectivity index (χ1n) is 6.87. The molecule has 0 aromatic rings. The summed E-state index contributed by atoms with van der Waals surface area (Å²) in [5.41, 5.74) is 0.0232. The highest BCUT2D eigenvalue weighted by Gasteiger charge is 2.33. The van der Waals surface area contributed by atoms with E-state index in [2.05, 4.69) is 40.1 Å². The highest BCUT2D eigenvalue weighted by molar-refractivity contribution is 4.86. The van der Waals surface area contributed by atoms with Gasteiger partial charge >= 0.3 is 0 Å². The Labute approximate surface area is 101 Å². The van der Waals surface area contributed by atoms with Crippen molar-refractivity contribution in [2.75, 3.05) is 7.05 Å². The fourth-order valence-corrected chi connectivity index (χ4v) is 2.54. The normalized spacial score (nSPS) is 31.7. The molecule has 3 unspecified atom stereocenters. The van der Waals surface area contributed by atoms with E-state index in [1.165, 1.54) is 25.7 Å². The second-order valence-electron chi connectivity index (χ2n) is 5.75. The van der Waals surface area contributed by atoms with E-state index in [4.69, 9.17) is 4.74 Å². The molecule has 1 N–H and O–H groups in total. The van der Waals surface area contributed by atoms with Gasteiger partial charge in [-0.15, -0.1) is 0 Å². The molecule has 0 amide bonds. The van der Waals surface area contributed by atoms with Crippen molar-refractivity contribution < 1.29 is 4.74 Å². The molecule has 0 radical (unpaired) electrons. The van der Waals surface area contributed by atoms with Gasteiger partial charge in [0.1, 0.15) is 0 Å². The van der Waals surface area contributed by atoms with Crippen LogP contribution in [0.3, 0.4) is 0 Å². The maximum absolute atomic E-state index is 6.30. The molecule has 0 aromatic carbocycles. The van der Waals surface area contributed by atoms with Gasteiger partial charge in [0, 0.05) is 6.04 Å². The van der Waals surface area contributed by atoms with Gasteiger partial charge in [-0.05, 0) is 52.5 Å². The number of nitrogens with one attached hydrogen (secondary N) is 1. The molecule has 2 heteroatoms. The van der Waals surface area contributed by atoms with E-state index in [0.29, 0.717) is 12.1 Å². The van der Waals surface area contributed by atoms with Gasteiger partial charge < -0.3 is 10.1 Å². The Morgan fingerprint density at radius 1 is 1.25 bits per heavy atom. The average Bonchev–Trinajstić information content (AvgIpc) is 2.28. The van der Waals surface area contributed by atoms with Gasteiger partial charge in [0.2, 0.25) is 0 Å². The summed E-state index contributed by atoms with van der Waals surface area (Å²) < 4.78 is 6.30. The molecule has 0 heterocycles. The van der Waals surface area contributed by atoms with E-state index in [1.807, 2.05) is 0 Å². The first kappa shape index (κ1) is 14.0. The van der Waals surface area contributed by atoms with Crippen molar-refractivity contribution in [3.63, 3.8) is 0 Å². The van der Waals surface area contributed by atoms with Crippen LogP contribution in [0.5, 0.6) is 0 Å². The minimum atomic E-state index is 0.0232. The predicted molar refractivity (Wildman–Crippen MR) is 69.7 cm³/mol. The Morgan fingerprint density at radius 2 is 1.94 bits per heavy atom. The van der Waals surface area contributed by atoms with E-state index < -0.39 is 0 Å². The lowest BCUT2D eigenvalue weighted by Crippen LogP contribution is -2.47. The molecule has 96 valence electrons. The molecule has 2 nitrogen and oxygen atoms in total. The maximum Gasteiger partial charge on any atom is 0.0737 e. The summed E-state index contributed by atoms with van der Waals surface area (Å²) in [5.74, 6) is 0.863. The monoisotopic (exact) mass is 227 g/mol. The van der Waals surface area contributed by atoms with Crippen LogP contribution in [0.1, 0.15) is 59.8 Å². The fourth-order valence-electron chi connectivity index (χ4n) is 2.54. The molecule has 1 fully saturated rings. The van der Waals surface area contributed by atoms with Crippen molar-refractivity contribution in [2.45, 2.75) is 77.5 Å². The number of likely N-dealkylation sites (N-methyl/N-ethyl adjacent to an activating group) is 1. The standard InChI is InChI=1S/C14H29NO/c1-6-11-8-9-12(15-5)13(10-11)16-14(3,4)7-2/h11-13,15H,6-10H2,1-5H3. The Morgan fingerprint density at radius 3 is 2.44 bits per heavy atom. The Hall–Kier alpha value is -0.0800. The molecule has 0 spiro atoms. The number of hydrogen-bond acceptors (Lipinski definition) is 2. The quantitative estimate of drug-likeness (QED) is 0.777. The maximum atomic E-state index is 6.30. The van der Waals surface area contributed by atoms with E-state index in [-0.39, 0.29) is 5.60 Å². The molecule has 0 aliphatic heterocycles. The minimum Gasteiger partial charge on any atom is -0.371 e. The zero-order valence-electron chi connectivity index (χ0n) is 11.7. The SMILES string of the molecule is CCC1CCC(NC)C(OC(C)(C)CC)C1. The lowest BCUT2D eigenvalue weighted by atomic mass is 9.82. The third-order valence-electron chi connectivity index (χ3n) is 4.17. The zero-order valence-corrected chi connectivity index (χ0v) is 11.7. The van der Waals surface area contributed by atoms with Gasteiger partial charge in [-0.1, -0.05) is 20.3 Å². The van der Waals surface area contributed by atoms with E-state index in [1.54, 1.807) is 0 Å². The second kappa shape index (κ2) is 6.02. The van der Waals surface area contributed by atoms with Gasteiger partial charge in [0.15, 0.2) is 0 Å².